The molecule has 1 aromatic carbocycles. The number of nitrogens with zero attached hydrogens (tertiary/aromatic N) is 3. The van der Waals surface area contributed by atoms with Gasteiger partial charge in [0.25, 0.3) is 0 Å². The fourth-order valence-electron chi connectivity index (χ4n) is 3.96. The molecule has 1 aromatic heterocycles. The predicted molar refractivity (Wildman–Crippen MR) is 110 cm³/mol. The van der Waals surface area contributed by atoms with Gasteiger partial charge in [0.1, 0.15) is 6.54 Å². The average molecular weight is 383 g/mol. The first-order chi connectivity index (χ1) is 13.1. The molecule has 2 aromatic rings. The van der Waals surface area contributed by atoms with Crippen LogP contribution in [0.1, 0.15) is 32.9 Å². The summed E-state index contributed by atoms with van der Waals surface area (Å²) in [4.78, 5) is 41.0. The van der Waals surface area contributed by atoms with Gasteiger partial charge in [-0.1, -0.05) is 12.1 Å². The predicted octanol–water partition coefficient (Wildman–Crippen LogP) is 2.42. The Balaban J connectivity index is 1.73. The van der Waals surface area contributed by atoms with Crippen molar-refractivity contribution in [3.63, 3.8) is 0 Å². The zero-order chi connectivity index (χ0) is 20.6. The zero-order valence-corrected chi connectivity index (χ0v) is 17.4. The van der Waals surface area contributed by atoms with E-state index < -0.39 is 0 Å². The third-order valence-corrected chi connectivity index (χ3v) is 5.49. The average Bonchev–Trinajstić information content (AvgIpc) is 2.99. The van der Waals surface area contributed by atoms with E-state index in [1.807, 2.05) is 55.4 Å². The summed E-state index contributed by atoms with van der Waals surface area (Å²) in [5, 5.41) is 0.616. The Morgan fingerprint density at radius 3 is 2.54 bits per heavy atom. The number of rotatable bonds is 4. The number of likely N-dealkylation sites (N-methyl/N-ethyl adjacent to an activating group) is 1. The number of likely N-dealkylation sites (tertiary alicyclic amines) is 1. The number of carbonyl (C=O) groups excluding carboxylic acids is 2. The van der Waals surface area contributed by atoms with E-state index in [4.69, 9.17) is 0 Å². The van der Waals surface area contributed by atoms with Crippen molar-refractivity contribution in [3.8, 4) is 0 Å². The van der Waals surface area contributed by atoms with E-state index in [0.29, 0.717) is 24.9 Å². The van der Waals surface area contributed by atoms with Crippen LogP contribution in [0, 0.1) is 12.8 Å². The van der Waals surface area contributed by atoms with Crippen LogP contribution < -0.4 is 5.43 Å². The van der Waals surface area contributed by atoms with E-state index >= 15 is 0 Å². The van der Waals surface area contributed by atoms with E-state index in [2.05, 4.69) is 0 Å². The van der Waals surface area contributed by atoms with Crippen molar-refractivity contribution in [1.29, 1.82) is 0 Å². The fourth-order valence-corrected chi connectivity index (χ4v) is 3.96. The molecule has 28 heavy (non-hydrogen) atoms. The van der Waals surface area contributed by atoms with Crippen LogP contribution in [0.2, 0.25) is 0 Å². The van der Waals surface area contributed by atoms with Crippen molar-refractivity contribution in [3.05, 3.63) is 46.2 Å². The van der Waals surface area contributed by atoms with Crippen LogP contribution in [0.5, 0.6) is 0 Å². The quantitative estimate of drug-likeness (QED) is 0.815. The van der Waals surface area contributed by atoms with Crippen LogP contribution >= 0.6 is 0 Å². The minimum atomic E-state index is -0.194. The highest BCUT2D eigenvalue weighted by molar-refractivity contribution is 5.83. The Labute approximate surface area is 165 Å². The van der Waals surface area contributed by atoms with Gasteiger partial charge < -0.3 is 14.4 Å². The molecule has 0 radical (unpaired) electrons. The van der Waals surface area contributed by atoms with Crippen LogP contribution in [-0.4, -0.2) is 51.9 Å². The number of carbonyl (C=O) groups is 2. The summed E-state index contributed by atoms with van der Waals surface area (Å²) >= 11 is 0. The third-order valence-electron chi connectivity index (χ3n) is 5.49. The lowest BCUT2D eigenvalue weighted by molar-refractivity contribution is -0.132. The molecule has 0 N–H and O–H groups in total. The lowest BCUT2D eigenvalue weighted by atomic mass is 10.1. The number of pyridine rings is 1. The van der Waals surface area contributed by atoms with Crippen molar-refractivity contribution >= 4 is 22.7 Å². The second kappa shape index (κ2) is 7.41. The molecule has 3 rings (SSSR count). The summed E-state index contributed by atoms with van der Waals surface area (Å²) in [6.07, 6.45) is 0.481. The minimum absolute atomic E-state index is 0.0291. The summed E-state index contributed by atoms with van der Waals surface area (Å²) in [5.41, 5.74) is 1.31. The van der Waals surface area contributed by atoms with Gasteiger partial charge in [-0.15, -0.1) is 0 Å². The molecule has 1 aliphatic heterocycles. The molecule has 1 saturated heterocycles. The molecule has 0 bridgehead atoms. The first-order valence-corrected chi connectivity index (χ1v) is 9.71. The van der Waals surface area contributed by atoms with E-state index in [9.17, 15) is 14.4 Å². The zero-order valence-electron chi connectivity index (χ0n) is 17.4. The number of aryl methyl sites for hydroxylation is 1. The first kappa shape index (κ1) is 20.1. The Bertz CT molecular complexity index is 971. The highest BCUT2D eigenvalue weighted by atomic mass is 16.2. The standard InChI is InChI=1S/C22H29N3O3/c1-15-10-19(26)17-8-6-7-9-18(17)24(15)14-21(28)23(5)12-16-11-20(27)25(13-16)22(2,3)4/h6-10,16H,11-14H2,1-5H3/t16-/m0/s1. The molecule has 1 atom stereocenters. The van der Waals surface area contributed by atoms with Gasteiger partial charge in [-0.25, -0.2) is 0 Å². The number of para-hydroxylation sites is 1. The maximum absolute atomic E-state index is 12.9. The number of hydrogen-bond donors (Lipinski definition) is 0. The second-order valence-corrected chi connectivity index (χ2v) is 8.77. The summed E-state index contributed by atoms with van der Waals surface area (Å²) in [6.45, 7) is 9.35. The monoisotopic (exact) mass is 383 g/mol. The van der Waals surface area contributed by atoms with Crippen LogP contribution in [0.25, 0.3) is 10.9 Å². The van der Waals surface area contributed by atoms with E-state index in [1.54, 1.807) is 24.1 Å². The summed E-state index contributed by atoms with van der Waals surface area (Å²) < 4.78 is 1.89. The molecule has 0 saturated carbocycles. The number of benzene rings is 1. The van der Waals surface area contributed by atoms with Crippen LogP contribution in [0.4, 0.5) is 0 Å². The van der Waals surface area contributed by atoms with Crippen molar-refractivity contribution < 1.29 is 9.59 Å². The molecule has 2 amide bonds. The smallest absolute Gasteiger partial charge is 0.242 e. The van der Waals surface area contributed by atoms with E-state index in [-0.39, 0.29) is 35.2 Å². The fraction of sp³-hybridized carbons (Fsp3) is 0.500. The number of aromatic nitrogens is 1. The van der Waals surface area contributed by atoms with Crippen molar-refractivity contribution in [2.24, 2.45) is 5.92 Å². The molecule has 0 aliphatic carbocycles. The topological polar surface area (TPSA) is 62.6 Å². The van der Waals surface area contributed by atoms with Crippen LogP contribution in [0.3, 0.4) is 0 Å². The Kier molecular flexibility index (Phi) is 5.33. The van der Waals surface area contributed by atoms with Gasteiger partial charge in [0.2, 0.25) is 11.8 Å². The molecule has 6 heteroatoms. The Hall–Kier alpha value is -2.63. The van der Waals surface area contributed by atoms with Crippen molar-refractivity contribution in [1.82, 2.24) is 14.4 Å². The van der Waals surface area contributed by atoms with Crippen LogP contribution in [-0.2, 0) is 16.1 Å². The van der Waals surface area contributed by atoms with Gasteiger partial charge in [0, 0.05) is 55.2 Å². The molecule has 6 nitrogen and oxygen atoms in total. The molecular formula is C22H29N3O3. The second-order valence-electron chi connectivity index (χ2n) is 8.77. The first-order valence-electron chi connectivity index (χ1n) is 9.71. The highest BCUT2D eigenvalue weighted by Crippen LogP contribution is 2.26. The SMILES string of the molecule is Cc1cc(=O)c2ccccc2n1CC(=O)N(C)C[C@@H]1CC(=O)N(C(C)(C)C)C1. The molecule has 150 valence electrons. The molecular weight excluding hydrogens is 354 g/mol. The lowest BCUT2D eigenvalue weighted by Crippen LogP contribution is -2.43. The van der Waals surface area contributed by atoms with Gasteiger partial charge in [-0.2, -0.15) is 0 Å². The Morgan fingerprint density at radius 2 is 1.89 bits per heavy atom. The Morgan fingerprint density at radius 1 is 1.21 bits per heavy atom. The van der Waals surface area contributed by atoms with E-state index in [0.717, 1.165) is 11.2 Å². The van der Waals surface area contributed by atoms with E-state index in [1.165, 1.54) is 0 Å². The number of amides is 2. The summed E-state index contributed by atoms with van der Waals surface area (Å²) in [7, 11) is 1.78. The van der Waals surface area contributed by atoms with Crippen molar-refractivity contribution in [2.75, 3.05) is 20.1 Å². The van der Waals surface area contributed by atoms with Crippen LogP contribution in [0.15, 0.2) is 35.1 Å². The van der Waals surface area contributed by atoms with Gasteiger partial charge in [0.05, 0.1) is 5.52 Å². The maximum Gasteiger partial charge on any atom is 0.242 e. The van der Waals surface area contributed by atoms with Gasteiger partial charge in [-0.05, 0) is 39.8 Å². The normalized spacial score (nSPS) is 17.4. The third kappa shape index (κ3) is 3.96. The molecule has 2 heterocycles. The molecule has 0 unspecified atom stereocenters. The summed E-state index contributed by atoms with van der Waals surface area (Å²) in [6, 6.07) is 8.93. The van der Waals surface area contributed by atoms with Gasteiger partial charge in [-0.3, -0.25) is 14.4 Å². The lowest BCUT2D eigenvalue weighted by Gasteiger charge is -2.32. The maximum atomic E-state index is 12.9. The van der Waals surface area contributed by atoms with Gasteiger partial charge in [0.15, 0.2) is 5.43 Å². The highest BCUT2D eigenvalue weighted by Gasteiger charge is 2.36. The summed E-state index contributed by atoms with van der Waals surface area (Å²) in [5.74, 6) is 0.270. The van der Waals surface area contributed by atoms with Crippen molar-refractivity contribution in [2.45, 2.75) is 46.2 Å². The van der Waals surface area contributed by atoms with Gasteiger partial charge >= 0.3 is 0 Å². The molecule has 1 fully saturated rings. The minimum Gasteiger partial charge on any atom is -0.344 e. The number of hydrogen-bond acceptors (Lipinski definition) is 3. The largest absolute Gasteiger partial charge is 0.344 e. The molecule has 1 aliphatic rings. The molecule has 0 spiro atoms. The number of fused-ring (bicyclic) bond motifs is 1.